The summed E-state index contributed by atoms with van der Waals surface area (Å²) >= 11 is 24.6. The highest BCUT2D eigenvalue weighted by molar-refractivity contribution is 8.21. The summed E-state index contributed by atoms with van der Waals surface area (Å²) in [5, 5.41) is -0.136. The Labute approximate surface area is 122 Å². The Morgan fingerprint density at radius 2 is 1.35 bits per heavy atom. The second-order valence-electron chi connectivity index (χ2n) is 4.80. The smallest absolute Gasteiger partial charge is 0.213 e. The molecule has 0 aromatic heterocycles. The normalized spacial score (nSPS) is 31.1. The van der Waals surface area contributed by atoms with Gasteiger partial charge in [0.05, 0.1) is 7.21 Å². The Morgan fingerprint density at radius 3 is 1.71 bits per heavy atom. The number of hydrogen-bond donors (Lipinski definition) is 0. The summed E-state index contributed by atoms with van der Waals surface area (Å²) in [6.07, 6.45) is 1.77. The van der Waals surface area contributed by atoms with Gasteiger partial charge in [0.1, 0.15) is 0 Å². The summed E-state index contributed by atoms with van der Waals surface area (Å²) in [5.41, 5.74) is 0. The predicted octanol–water partition coefficient (Wildman–Crippen LogP) is 8.17. The van der Waals surface area contributed by atoms with E-state index in [0.717, 1.165) is 12.6 Å². The highest BCUT2D eigenvalue weighted by Crippen LogP contribution is 2.87. The Bertz CT molecular complexity index is 460. The third-order valence-electron chi connectivity index (χ3n) is 2.34. The van der Waals surface area contributed by atoms with Gasteiger partial charge in [0.25, 0.3) is 11.8 Å². The van der Waals surface area contributed by atoms with E-state index < -0.39 is 19.0 Å². The topological polar surface area (TPSA) is 37.1 Å². The van der Waals surface area contributed by atoms with Crippen LogP contribution in [-0.2, 0) is 0 Å². The van der Waals surface area contributed by atoms with E-state index in [2.05, 4.69) is 41.2 Å². The van der Waals surface area contributed by atoms with Crippen molar-refractivity contribution in [2.24, 2.45) is 13.5 Å². The molecule has 0 saturated carbocycles. The fourth-order valence-corrected chi connectivity index (χ4v) is 19.8. The summed E-state index contributed by atoms with van der Waals surface area (Å²) in [6.45, 7) is 8.32. The van der Waals surface area contributed by atoms with Crippen LogP contribution in [0, 0.1) is 0 Å². The molecule has 1 aliphatic heterocycles. The van der Waals surface area contributed by atoms with Crippen LogP contribution >= 0.6 is 64.0 Å². The van der Waals surface area contributed by atoms with E-state index in [1.165, 1.54) is 0 Å². The first-order valence-corrected chi connectivity index (χ1v) is 14.0. The van der Waals surface area contributed by atoms with Crippen molar-refractivity contribution in [3.05, 3.63) is 0 Å². The predicted molar refractivity (Wildman–Crippen MR) is 86.4 cm³/mol. The summed E-state index contributed by atoms with van der Waals surface area (Å²) in [6, 6.07) is 0. The molecule has 10 heteroatoms. The van der Waals surface area contributed by atoms with Crippen LogP contribution in [0.1, 0.15) is 34.1 Å². The van der Waals surface area contributed by atoms with Gasteiger partial charge in [-0.3, -0.25) is 0 Å². The van der Waals surface area contributed by atoms with Gasteiger partial charge in [0.2, 0.25) is 0 Å². The van der Waals surface area contributed by atoms with E-state index in [1.54, 1.807) is 0 Å². The highest BCUT2D eigenvalue weighted by Gasteiger charge is 2.40. The molecule has 0 amide bonds. The summed E-state index contributed by atoms with van der Waals surface area (Å²) in [4.78, 5) is 0. The summed E-state index contributed by atoms with van der Waals surface area (Å²) < 4.78 is 13.2. The van der Waals surface area contributed by atoms with E-state index in [-0.39, 0.29) is 5.16 Å². The molecule has 3 nitrogen and oxygen atoms in total. The molecule has 0 aliphatic carbocycles. The summed E-state index contributed by atoms with van der Waals surface area (Å²) in [5.74, 6) is -5.54. The van der Waals surface area contributed by atoms with E-state index in [9.17, 15) is 0 Å². The van der Waals surface area contributed by atoms with Crippen molar-refractivity contribution in [3.8, 4) is 0 Å². The van der Waals surface area contributed by atoms with Crippen LogP contribution in [-0.4, -0.2) is 11.3 Å². The molecule has 0 bridgehead atoms. The van der Waals surface area contributed by atoms with E-state index >= 15 is 0 Å². The van der Waals surface area contributed by atoms with Gasteiger partial charge in [-0.25, -0.2) is 9.03 Å². The maximum Gasteiger partial charge on any atom is 0.255 e. The van der Waals surface area contributed by atoms with Gasteiger partial charge in [0, 0.05) is 11.3 Å². The number of halogens is 4. The van der Waals surface area contributed by atoms with Crippen LogP contribution in [0.4, 0.5) is 0 Å². The Hall–Kier alpha value is 1.85. The molecular formula is C7H16Cl4N3P3. The van der Waals surface area contributed by atoms with Crippen molar-refractivity contribution in [2.45, 2.75) is 39.3 Å². The Balaban J connectivity index is 3.61. The first-order chi connectivity index (χ1) is 7.43. The molecular weight excluding hydrogens is 361 g/mol. The van der Waals surface area contributed by atoms with Crippen LogP contribution in [0.15, 0.2) is 13.5 Å². The average Bonchev–Trinajstić information content (AvgIpc) is 1.95. The zero-order chi connectivity index (χ0) is 13.5. The quantitative estimate of drug-likeness (QED) is 0.436. The molecule has 0 aromatic carbocycles. The van der Waals surface area contributed by atoms with Crippen molar-refractivity contribution < 1.29 is 0 Å². The molecule has 1 rings (SSSR count). The lowest BCUT2D eigenvalue weighted by Crippen LogP contribution is -2.16. The first-order valence-electron chi connectivity index (χ1n) is 5.12. The minimum absolute atomic E-state index is 0.136. The maximum atomic E-state index is 6.15. The van der Waals surface area contributed by atoms with Crippen molar-refractivity contribution in [3.63, 3.8) is 0 Å². The molecule has 1 atom stereocenters. The van der Waals surface area contributed by atoms with E-state index in [0.29, 0.717) is 0 Å². The zero-order valence-electron chi connectivity index (χ0n) is 10.1. The molecule has 102 valence electrons. The van der Waals surface area contributed by atoms with Gasteiger partial charge in [-0.05, 0) is 51.4 Å². The van der Waals surface area contributed by atoms with Crippen LogP contribution in [0.5, 0.6) is 0 Å². The van der Waals surface area contributed by atoms with Gasteiger partial charge < -0.3 is 0 Å². The lowest BCUT2D eigenvalue weighted by atomic mass is 10.3. The molecule has 0 N–H and O–H groups in total. The molecule has 0 spiro atoms. The van der Waals surface area contributed by atoms with Gasteiger partial charge in [-0.15, -0.1) is 0 Å². The molecule has 1 unspecified atom stereocenters. The molecule has 0 aromatic rings. The molecule has 0 saturated heterocycles. The average molecular weight is 377 g/mol. The van der Waals surface area contributed by atoms with Gasteiger partial charge in [-0.2, -0.15) is 4.52 Å². The minimum Gasteiger partial charge on any atom is -0.213 e. The highest BCUT2D eigenvalue weighted by atomic mass is 35.9. The molecule has 0 fully saturated rings. The Kier molecular flexibility index (Phi) is 5.29. The van der Waals surface area contributed by atoms with Crippen LogP contribution in [0.2, 0.25) is 0 Å². The van der Waals surface area contributed by atoms with Gasteiger partial charge >= 0.3 is 0 Å². The second-order valence-corrected chi connectivity index (χ2v) is 18.7. The molecule has 1 aliphatic rings. The monoisotopic (exact) mass is 375 g/mol. The molecule has 17 heavy (non-hydrogen) atoms. The van der Waals surface area contributed by atoms with Crippen LogP contribution in [0.25, 0.3) is 0 Å². The third kappa shape index (κ3) is 4.16. The maximum absolute atomic E-state index is 6.15. The lowest BCUT2D eigenvalue weighted by molar-refractivity contribution is 0.769. The van der Waals surface area contributed by atoms with Crippen molar-refractivity contribution in [1.29, 1.82) is 0 Å². The number of rotatable bonds is 2. The fourth-order valence-electron chi connectivity index (χ4n) is 1.54. The SMILES string of the molecule is CCCP1(C(C)(C)C)=NP(Cl)(Cl)=NP(Cl)(Cl)=N1. The van der Waals surface area contributed by atoms with Gasteiger partial charge in [-0.1, -0.05) is 27.7 Å². The van der Waals surface area contributed by atoms with Crippen molar-refractivity contribution in [1.82, 2.24) is 0 Å². The van der Waals surface area contributed by atoms with Gasteiger partial charge in [0.15, 0.2) is 0 Å². The van der Waals surface area contributed by atoms with Crippen LogP contribution in [0.3, 0.4) is 0 Å². The van der Waals surface area contributed by atoms with Crippen molar-refractivity contribution in [2.75, 3.05) is 6.16 Å². The van der Waals surface area contributed by atoms with Crippen LogP contribution < -0.4 is 0 Å². The number of nitrogens with zero attached hydrogens (tertiary/aromatic N) is 3. The third-order valence-corrected chi connectivity index (χ3v) is 16.2. The molecule has 0 radical (unpaired) electrons. The first kappa shape index (κ1) is 16.9. The minimum atomic E-state index is -2.77. The zero-order valence-corrected chi connectivity index (χ0v) is 15.8. The largest absolute Gasteiger partial charge is 0.255 e. The molecule has 1 heterocycles. The van der Waals surface area contributed by atoms with E-state index in [1.807, 2.05) is 0 Å². The van der Waals surface area contributed by atoms with Crippen molar-refractivity contribution >= 4 is 64.0 Å². The lowest BCUT2D eigenvalue weighted by Gasteiger charge is -2.36. The second kappa shape index (κ2) is 5.33. The summed E-state index contributed by atoms with van der Waals surface area (Å²) in [7, 11) is -2.09. The standard InChI is InChI=1S/C7H16Cl4N3P3/c1-5-6-15(7(2,3)4)12-16(8,9)14-17(10,11)13-15/h5-6H2,1-4H3. The fraction of sp³-hybridized carbons (Fsp3) is 1.00. The Morgan fingerprint density at radius 1 is 0.882 bits per heavy atom. The number of hydrogen-bond acceptors (Lipinski definition) is 3. The van der Waals surface area contributed by atoms with E-state index in [4.69, 9.17) is 45.0 Å².